The number of likely N-dealkylation sites (N-methyl/N-ethyl adjacent to an activating group) is 1. The summed E-state index contributed by atoms with van der Waals surface area (Å²) in [6.07, 6.45) is 2.58. The van der Waals surface area contributed by atoms with Crippen LogP contribution in [0.25, 0.3) is 0 Å². The summed E-state index contributed by atoms with van der Waals surface area (Å²) in [7, 11) is 1.88. The molecule has 0 N–H and O–H groups in total. The summed E-state index contributed by atoms with van der Waals surface area (Å²) in [4.78, 5) is 16.6. The molecule has 2 rings (SSSR count). The van der Waals surface area contributed by atoms with Gasteiger partial charge in [0.15, 0.2) is 0 Å². The first-order valence-electron chi connectivity index (χ1n) is 6.51. The number of carbonyl (C=O) groups excluding carboxylic acids is 1. The highest BCUT2D eigenvalue weighted by Gasteiger charge is 2.17. The minimum atomic E-state index is 0.0876. The number of hydrogen-bond donors (Lipinski definition) is 0. The van der Waals surface area contributed by atoms with Crippen LogP contribution in [0.3, 0.4) is 0 Å². The van der Waals surface area contributed by atoms with Gasteiger partial charge in [-0.3, -0.25) is 4.79 Å². The Hall–Kier alpha value is -0.140. The summed E-state index contributed by atoms with van der Waals surface area (Å²) in [5.41, 5.74) is 0.746. The second-order valence-corrected chi connectivity index (χ2v) is 7.00. The van der Waals surface area contributed by atoms with E-state index in [-0.39, 0.29) is 5.91 Å². The molecule has 0 aliphatic carbocycles. The Kier molecular flexibility index (Phi) is 5.65. The highest BCUT2D eigenvalue weighted by atomic mass is 127. The molecule has 0 unspecified atom stereocenters. The van der Waals surface area contributed by atoms with E-state index in [4.69, 9.17) is 0 Å². The van der Waals surface area contributed by atoms with Crippen LogP contribution in [-0.2, 0) is 0 Å². The summed E-state index contributed by atoms with van der Waals surface area (Å²) in [5.74, 6) is 0.0876. The van der Waals surface area contributed by atoms with Crippen molar-refractivity contribution in [3.63, 3.8) is 0 Å². The summed E-state index contributed by atoms with van der Waals surface area (Å²) in [6, 6.07) is 5.86. The molecule has 19 heavy (non-hydrogen) atoms. The van der Waals surface area contributed by atoms with Crippen molar-refractivity contribution in [3.8, 4) is 0 Å². The van der Waals surface area contributed by atoms with Crippen LogP contribution in [0.2, 0.25) is 0 Å². The Morgan fingerprint density at radius 3 is 2.79 bits per heavy atom. The largest absolute Gasteiger partial charge is 0.340 e. The fourth-order valence-corrected chi connectivity index (χ4v) is 3.17. The van der Waals surface area contributed by atoms with Gasteiger partial charge < -0.3 is 9.80 Å². The zero-order valence-electron chi connectivity index (χ0n) is 11.0. The number of halogens is 2. The van der Waals surface area contributed by atoms with E-state index < -0.39 is 0 Å². The van der Waals surface area contributed by atoms with Gasteiger partial charge in [0.25, 0.3) is 5.91 Å². The molecule has 1 aromatic rings. The van der Waals surface area contributed by atoms with Crippen molar-refractivity contribution in [1.82, 2.24) is 9.80 Å². The van der Waals surface area contributed by atoms with Crippen molar-refractivity contribution in [2.45, 2.75) is 12.8 Å². The lowest BCUT2D eigenvalue weighted by molar-refractivity contribution is 0.0781. The Balaban J connectivity index is 1.95. The molecule has 0 radical (unpaired) electrons. The fraction of sp³-hybridized carbons (Fsp3) is 0.500. The molecule has 1 aliphatic heterocycles. The molecule has 1 aromatic carbocycles. The smallest absolute Gasteiger partial charge is 0.254 e. The molecule has 1 aliphatic rings. The van der Waals surface area contributed by atoms with E-state index in [0.29, 0.717) is 0 Å². The normalized spacial score (nSPS) is 15.7. The van der Waals surface area contributed by atoms with Crippen molar-refractivity contribution in [1.29, 1.82) is 0 Å². The topological polar surface area (TPSA) is 23.6 Å². The molecule has 0 atom stereocenters. The lowest BCUT2D eigenvalue weighted by Crippen LogP contribution is -2.35. The van der Waals surface area contributed by atoms with Gasteiger partial charge in [0, 0.05) is 28.2 Å². The van der Waals surface area contributed by atoms with E-state index in [1.54, 1.807) is 0 Å². The SMILES string of the molecule is CN(CCN1CCCC1)C(=O)c1cc(I)ccc1Br. The number of rotatable bonds is 4. The number of nitrogens with zero attached hydrogens (tertiary/aromatic N) is 2. The maximum absolute atomic E-state index is 12.4. The molecule has 1 heterocycles. The van der Waals surface area contributed by atoms with Gasteiger partial charge >= 0.3 is 0 Å². The average molecular weight is 437 g/mol. The third kappa shape index (κ3) is 4.16. The first kappa shape index (κ1) is 15.3. The first-order chi connectivity index (χ1) is 9.08. The van der Waals surface area contributed by atoms with Crippen LogP contribution in [0.4, 0.5) is 0 Å². The van der Waals surface area contributed by atoms with Crippen molar-refractivity contribution < 1.29 is 4.79 Å². The van der Waals surface area contributed by atoms with Crippen LogP contribution in [0.1, 0.15) is 23.2 Å². The molecule has 5 heteroatoms. The molecule has 0 bridgehead atoms. The highest BCUT2D eigenvalue weighted by molar-refractivity contribution is 14.1. The zero-order valence-corrected chi connectivity index (χ0v) is 14.8. The maximum atomic E-state index is 12.4. The van der Waals surface area contributed by atoms with Crippen LogP contribution in [-0.4, -0.2) is 48.9 Å². The van der Waals surface area contributed by atoms with Gasteiger partial charge in [-0.25, -0.2) is 0 Å². The predicted octanol–water partition coefficient (Wildman–Crippen LogP) is 3.22. The minimum Gasteiger partial charge on any atom is -0.340 e. The van der Waals surface area contributed by atoms with Gasteiger partial charge in [-0.1, -0.05) is 0 Å². The Bertz CT molecular complexity index is 461. The van der Waals surface area contributed by atoms with E-state index in [1.807, 2.05) is 30.1 Å². The molecule has 0 spiro atoms. The molecule has 0 saturated carbocycles. The molecule has 3 nitrogen and oxygen atoms in total. The van der Waals surface area contributed by atoms with Gasteiger partial charge in [0.05, 0.1) is 5.56 Å². The van der Waals surface area contributed by atoms with Crippen molar-refractivity contribution >= 4 is 44.4 Å². The predicted molar refractivity (Wildman–Crippen MR) is 89.5 cm³/mol. The number of hydrogen-bond acceptors (Lipinski definition) is 2. The van der Waals surface area contributed by atoms with Crippen LogP contribution in [0.5, 0.6) is 0 Å². The molecule has 0 aromatic heterocycles. The van der Waals surface area contributed by atoms with E-state index in [2.05, 4.69) is 43.4 Å². The van der Waals surface area contributed by atoms with E-state index >= 15 is 0 Å². The van der Waals surface area contributed by atoms with E-state index in [1.165, 1.54) is 25.9 Å². The van der Waals surface area contributed by atoms with Gasteiger partial charge in [-0.2, -0.15) is 0 Å². The van der Waals surface area contributed by atoms with E-state index in [0.717, 1.165) is 26.7 Å². The third-order valence-electron chi connectivity index (χ3n) is 3.46. The van der Waals surface area contributed by atoms with E-state index in [9.17, 15) is 4.79 Å². The number of likely N-dealkylation sites (tertiary alicyclic amines) is 1. The molecule has 1 saturated heterocycles. The van der Waals surface area contributed by atoms with Crippen LogP contribution in [0, 0.1) is 3.57 Å². The lowest BCUT2D eigenvalue weighted by Gasteiger charge is -2.22. The van der Waals surface area contributed by atoms with Gasteiger partial charge in [-0.15, -0.1) is 0 Å². The number of carbonyl (C=O) groups is 1. The molecule has 104 valence electrons. The Morgan fingerprint density at radius 1 is 1.42 bits per heavy atom. The molecule has 1 amide bonds. The van der Waals surface area contributed by atoms with Gasteiger partial charge in [0.2, 0.25) is 0 Å². The standard InChI is InChI=1S/C14H18BrIN2O/c1-17(8-9-18-6-2-3-7-18)14(19)12-10-11(16)4-5-13(12)15/h4-5,10H,2-3,6-9H2,1H3. The summed E-state index contributed by atoms with van der Waals surface area (Å²) in [5, 5.41) is 0. The van der Waals surface area contributed by atoms with Gasteiger partial charge in [-0.05, 0) is 82.7 Å². The Labute approximate surface area is 136 Å². The van der Waals surface area contributed by atoms with Crippen molar-refractivity contribution in [2.75, 3.05) is 33.2 Å². The second kappa shape index (κ2) is 7.04. The number of amides is 1. The molecular formula is C14H18BrIN2O. The minimum absolute atomic E-state index is 0.0876. The average Bonchev–Trinajstić information content (AvgIpc) is 2.91. The van der Waals surface area contributed by atoms with Crippen molar-refractivity contribution in [3.05, 3.63) is 31.8 Å². The summed E-state index contributed by atoms with van der Waals surface area (Å²) in [6.45, 7) is 4.12. The van der Waals surface area contributed by atoms with Crippen molar-refractivity contribution in [2.24, 2.45) is 0 Å². The summed E-state index contributed by atoms with van der Waals surface area (Å²) < 4.78 is 1.95. The van der Waals surface area contributed by atoms with Crippen LogP contribution < -0.4 is 0 Å². The molecular weight excluding hydrogens is 419 g/mol. The Morgan fingerprint density at radius 2 is 2.11 bits per heavy atom. The monoisotopic (exact) mass is 436 g/mol. The van der Waals surface area contributed by atoms with Crippen LogP contribution >= 0.6 is 38.5 Å². The fourth-order valence-electron chi connectivity index (χ4n) is 2.27. The van der Waals surface area contributed by atoms with Gasteiger partial charge in [0.1, 0.15) is 0 Å². The first-order valence-corrected chi connectivity index (χ1v) is 8.38. The van der Waals surface area contributed by atoms with Crippen LogP contribution in [0.15, 0.2) is 22.7 Å². The second-order valence-electron chi connectivity index (χ2n) is 4.90. The lowest BCUT2D eigenvalue weighted by atomic mass is 10.2. The zero-order chi connectivity index (χ0) is 13.8. The highest BCUT2D eigenvalue weighted by Crippen LogP contribution is 2.20. The quantitative estimate of drug-likeness (QED) is 0.676. The maximum Gasteiger partial charge on any atom is 0.254 e. The molecule has 1 fully saturated rings. The number of benzene rings is 1. The third-order valence-corrected chi connectivity index (χ3v) is 4.82. The summed E-state index contributed by atoms with van der Waals surface area (Å²) >= 11 is 5.69.